The van der Waals surface area contributed by atoms with Crippen LogP contribution in [0.2, 0.25) is 0 Å². The second kappa shape index (κ2) is 40.9. The van der Waals surface area contributed by atoms with E-state index in [1.54, 1.807) is 0 Å². The van der Waals surface area contributed by atoms with Crippen LogP contribution in [-0.2, 0) is 32.7 Å². The van der Waals surface area contributed by atoms with Crippen molar-refractivity contribution in [1.82, 2.24) is 0 Å². The van der Waals surface area contributed by atoms with Crippen molar-refractivity contribution in [3.05, 3.63) is 12.2 Å². The molecule has 0 rings (SSSR count). The summed E-state index contributed by atoms with van der Waals surface area (Å²) in [7, 11) is -4.61. The smallest absolute Gasteiger partial charge is 0.462 e. The van der Waals surface area contributed by atoms with Crippen molar-refractivity contribution in [1.29, 1.82) is 0 Å². The van der Waals surface area contributed by atoms with Gasteiger partial charge in [0, 0.05) is 12.8 Å². The molecule has 3 atom stereocenters. The van der Waals surface area contributed by atoms with Crippen LogP contribution >= 0.6 is 7.82 Å². The van der Waals surface area contributed by atoms with Crippen molar-refractivity contribution in [3.63, 3.8) is 0 Å². The topological polar surface area (TPSA) is 149 Å². The number of ether oxygens (including phenoxy) is 2. The summed E-state index contributed by atoms with van der Waals surface area (Å²) in [4.78, 5) is 35.0. The van der Waals surface area contributed by atoms with Crippen LogP contribution < -0.4 is 0 Å². The number of carbonyl (C=O) groups is 2. The van der Waals surface area contributed by atoms with E-state index in [9.17, 15) is 24.2 Å². The summed E-state index contributed by atoms with van der Waals surface area (Å²) in [6.07, 6.45) is 38.9. The average Bonchev–Trinajstić information content (AvgIpc) is 3.17. The Morgan fingerprint density at radius 3 is 1.31 bits per heavy atom. The number of rotatable bonds is 43. The minimum absolute atomic E-state index is 0.188. The van der Waals surface area contributed by atoms with Gasteiger partial charge in [-0.1, -0.05) is 180 Å². The Hall–Kier alpha value is -1.29. The van der Waals surface area contributed by atoms with Crippen molar-refractivity contribution >= 4 is 19.8 Å². The number of esters is 2. The molecule has 55 heavy (non-hydrogen) atoms. The van der Waals surface area contributed by atoms with Crippen LogP contribution in [0.1, 0.15) is 219 Å². The molecule has 0 saturated carbocycles. The van der Waals surface area contributed by atoms with E-state index in [4.69, 9.17) is 23.6 Å². The third-order valence-electron chi connectivity index (χ3n) is 9.92. The summed E-state index contributed by atoms with van der Waals surface area (Å²) < 4.78 is 32.7. The highest BCUT2D eigenvalue weighted by Gasteiger charge is 2.27. The van der Waals surface area contributed by atoms with Crippen LogP contribution in [0.4, 0.5) is 0 Å². The molecule has 0 fully saturated rings. The fourth-order valence-corrected chi connectivity index (χ4v) is 7.19. The number of hydrogen-bond donors (Lipinski definition) is 3. The van der Waals surface area contributed by atoms with Crippen molar-refractivity contribution in [2.24, 2.45) is 0 Å². The Morgan fingerprint density at radius 2 is 0.891 bits per heavy atom. The number of aliphatic hydroxyl groups excluding tert-OH is 2. The van der Waals surface area contributed by atoms with E-state index in [0.717, 1.165) is 51.4 Å². The third kappa shape index (κ3) is 40.7. The molecule has 10 nitrogen and oxygen atoms in total. The van der Waals surface area contributed by atoms with Crippen molar-refractivity contribution < 1.29 is 47.8 Å². The van der Waals surface area contributed by atoms with Crippen molar-refractivity contribution in [2.45, 2.75) is 232 Å². The molecule has 0 aromatic heterocycles. The Bertz CT molecular complexity index is 930. The normalized spacial score (nSPS) is 13.9. The molecule has 1 unspecified atom stereocenters. The van der Waals surface area contributed by atoms with Gasteiger partial charge in [0.25, 0.3) is 0 Å². The van der Waals surface area contributed by atoms with Crippen molar-refractivity contribution in [2.75, 3.05) is 26.4 Å². The van der Waals surface area contributed by atoms with Gasteiger partial charge >= 0.3 is 19.8 Å². The van der Waals surface area contributed by atoms with Gasteiger partial charge in [0.15, 0.2) is 6.10 Å². The predicted octanol–water partition coefficient (Wildman–Crippen LogP) is 12.0. The summed E-state index contributed by atoms with van der Waals surface area (Å²) in [6.45, 7) is 2.39. The molecule has 0 heterocycles. The summed E-state index contributed by atoms with van der Waals surface area (Å²) in [5.74, 6) is -0.923. The first-order valence-corrected chi connectivity index (χ1v) is 24.1. The molecule has 0 aliphatic rings. The highest BCUT2D eigenvalue weighted by Crippen LogP contribution is 2.43. The van der Waals surface area contributed by atoms with Crippen LogP contribution in [-0.4, -0.2) is 65.7 Å². The molecule has 326 valence electrons. The van der Waals surface area contributed by atoms with Gasteiger partial charge in [0.1, 0.15) is 12.7 Å². The third-order valence-corrected chi connectivity index (χ3v) is 10.9. The summed E-state index contributed by atoms with van der Waals surface area (Å²) in [5, 5.41) is 18.3. The first-order valence-electron chi connectivity index (χ1n) is 22.6. The van der Waals surface area contributed by atoms with Crippen LogP contribution in [0.3, 0.4) is 0 Å². The Morgan fingerprint density at radius 1 is 0.527 bits per heavy atom. The van der Waals surface area contributed by atoms with E-state index < -0.39 is 51.8 Å². The maximum Gasteiger partial charge on any atom is 0.472 e. The standard InChI is InChI=1S/C44H85O10P/c1-3-5-7-9-11-13-15-17-19-20-21-22-24-26-28-30-32-34-36-44(48)54-42(40-53-55(49,50)52-38-41(46)37-45)39-51-43(47)35-33-31-29-27-25-23-18-16-14-12-10-8-6-4-2/h16,18,41-42,45-46H,3-15,17,19-40H2,1-2H3,(H,49,50)/b18-16-/t41-,42+/m0/s1. The average molecular weight is 805 g/mol. The zero-order valence-electron chi connectivity index (χ0n) is 35.4. The molecule has 3 N–H and O–H groups in total. The quantitative estimate of drug-likeness (QED) is 0.0235. The summed E-state index contributed by atoms with van der Waals surface area (Å²) in [5.41, 5.74) is 0. The number of phosphoric acid groups is 1. The van der Waals surface area contributed by atoms with Crippen LogP contribution in [0.25, 0.3) is 0 Å². The van der Waals surface area contributed by atoms with Crippen molar-refractivity contribution in [3.8, 4) is 0 Å². The lowest BCUT2D eigenvalue weighted by atomic mass is 10.0. The minimum Gasteiger partial charge on any atom is -0.462 e. The number of aliphatic hydroxyl groups is 2. The fourth-order valence-electron chi connectivity index (χ4n) is 6.40. The molecule has 0 spiro atoms. The van der Waals surface area contributed by atoms with Gasteiger partial charge in [-0.3, -0.25) is 18.6 Å². The largest absolute Gasteiger partial charge is 0.472 e. The highest BCUT2D eigenvalue weighted by atomic mass is 31.2. The molecule has 0 radical (unpaired) electrons. The van der Waals surface area contributed by atoms with E-state index >= 15 is 0 Å². The molecule has 0 aliphatic heterocycles. The molecule has 0 bridgehead atoms. The van der Waals surface area contributed by atoms with E-state index in [-0.39, 0.29) is 19.4 Å². The lowest BCUT2D eigenvalue weighted by Crippen LogP contribution is -2.29. The second-order valence-electron chi connectivity index (χ2n) is 15.4. The van der Waals surface area contributed by atoms with Gasteiger partial charge in [-0.05, 0) is 38.5 Å². The monoisotopic (exact) mass is 805 g/mol. The second-order valence-corrected chi connectivity index (χ2v) is 16.9. The highest BCUT2D eigenvalue weighted by molar-refractivity contribution is 7.47. The van der Waals surface area contributed by atoms with E-state index in [2.05, 4.69) is 26.0 Å². The molecule has 11 heteroatoms. The SMILES string of the molecule is CCCCCCC/C=C\CCCCCCCC(=O)OC[C@H](COP(=O)(O)OC[C@@H](O)CO)OC(=O)CCCCCCCCCCCCCCCCCCCC. The van der Waals surface area contributed by atoms with Gasteiger partial charge in [-0.25, -0.2) is 4.57 Å². The molecule has 0 aliphatic carbocycles. The van der Waals surface area contributed by atoms with Gasteiger partial charge in [-0.15, -0.1) is 0 Å². The summed E-state index contributed by atoms with van der Waals surface area (Å²) in [6, 6.07) is 0. The molecule has 0 amide bonds. The lowest BCUT2D eigenvalue weighted by Gasteiger charge is -2.20. The van der Waals surface area contributed by atoms with E-state index in [0.29, 0.717) is 12.8 Å². The van der Waals surface area contributed by atoms with E-state index in [1.807, 2.05) is 0 Å². The zero-order chi connectivity index (χ0) is 40.5. The Balaban J connectivity index is 4.24. The molecular formula is C44H85O10P. The van der Waals surface area contributed by atoms with Crippen LogP contribution in [0.15, 0.2) is 12.2 Å². The lowest BCUT2D eigenvalue weighted by molar-refractivity contribution is -0.161. The first kappa shape index (κ1) is 53.7. The Labute approximate surface area is 336 Å². The number of allylic oxidation sites excluding steroid dienone is 2. The van der Waals surface area contributed by atoms with Gasteiger partial charge in [0.2, 0.25) is 0 Å². The number of hydrogen-bond acceptors (Lipinski definition) is 9. The Kier molecular flexibility index (Phi) is 39.9. The minimum atomic E-state index is -4.61. The first-order chi connectivity index (χ1) is 26.7. The van der Waals surface area contributed by atoms with Gasteiger partial charge in [-0.2, -0.15) is 0 Å². The fraction of sp³-hybridized carbons (Fsp3) is 0.909. The predicted molar refractivity (Wildman–Crippen MR) is 224 cm³/mol. The number of carbonyl (C=O) groups excluding carboxylic acids is 2. The van der Waals surface area contributed by atoms with Crippen LogP contribution in [0.5, 0.6) is 0 Å². The number of phosphoric ester groups is 1. The molecule has 0 aromatic carbocycles. The maximum atomic E-state index is 12.6. The van der Waals surface area contributed by atoms with Gasteiger partial charge in [0.05, 0.1) is 19.8 Å². The maximum absolute atomic E-state index is 12.6. The number of unbranched alkanes of at least 4 members (excludes halogenated alkanes) is 27. The molecular weight excluding hydrogens is 719 g/mol. The van der Waals surface area contributed by atoms with Gasteiger partial charge < -0.3 is 24.6 Å². The molecule has 0 aromatic rings. The van der Waals surface area contributed by atoms with E-state index in [1.165, 1.54) is 128 Å². The van der Waals surface area contributed by atoms with Crippen LogP contribution in [0, 0.1) is 0 Å². The summed E-state index contributed by atoms with van der Waals surface area (Å²) >= 11 is 0. The zero-order valence-corrected chi connectivity index (χ0v) is 36.3. The molecule has 0 saturated heterocycles.